The van der Waals surface area contributed by atoms with Crippen LogP contribution in [-0.2, 0) is 9.48 Å². The second-order valence-electron chi connectivity index (χ2n) is 7.47. The lowest BCUT2D eigenvalue weighted by molar-refractivity contribution is 0.0601. The first-order valence-electron chi connectivity index (χ1n) is 10.8. The van der Waals surface area contributed by atoms with Crippen molar-refractivity contribution < 1.29 is 9.53 Å². The predicted octanol–water partition coefficient (Wildman–Crippen LogP) is 6.01. The molecule has 5 heteroatoms. The predicted molar refractivity (Wildman–Crippen MR) is 136 cm³/mol. The second-order valence-corrected chi connectivity index (χ2v) is 8.78. The normalized spacial score (nSPS) is 11.1. The van der Waals surface area contributed by atoms with Gasteiger partial charge in [0.1, 0.15) is 5.56 Å². The van der Waals surface area contributed by atoms with Crippen LogP contribution in [-0.4, -0.2) is 30.4 Å². The van der Waals surface area contributed by atoms with Crippen molar-refractivity contribution in [2.45, 2.75) is 4.75 Å². The van der Waals surface area contributed by atoms with E-state index in [0.717, 1.165) is 11.4 Å². The maximum Gasteiger partial charge on any atom is 0.341 e. The van der Waals surface area contributed by atoms with E-state index in [1.807, 2.05) is 30.0 Å². The number of nitrogens with zero attached hydrogens (tertiary/aromatic N) is 1. The van der Waals surface area contributed by atoms with E-state index >= 15 is 0 Å². The quantitative estimate of drug-likeness (QED) is 0.191. The van der Waals surface area contributed by atoms with Crippen LogP contribution in [0.5, 0.6) is 0 Å². The Hall–Kier alpha value is -3.57. The Kier molecular flexibility index (Phi) is 7.43. The van der Waals surface area contributed by atoms with Crippen molar-refractivity contribution in [3.63, 3.8) is 0 Å². The van der Waals surface area contributed by atoms with Crippen molar-refractivity contribution in [2.75, 3.05) is 24.7 Å². The number of rotatable bonds is 9. The number of ether oxygens (including phenoxy) is 1. The summed E-state index contributed by atoms with van der Waals surface area (Å²) in [5.74, 6) is 0.409. The second kappa shape index (κ2) is 10.8. The third kappa shape index (κ3) is 4.94. The summed E-state index contributed by atoms with van der Waals surface area (Å²) in [4.78, 5) is 16.1. The van der Waals surface area contributed by atoms with Crippen molar-refractivity contribution in [2.24, 2.45) is 0 Å². The van der Waals surface area contributed by atoms with Crippen molar-refractivity contribution in [3.05, 3.63) is 132 Å². The Bertz CT molecular complexity index is 1070. The number of carbonyl (C=O) groups excluding carboxylic acids is 1. The lowest BCUT2D eigenvalue weighted by Crippen LogP contribution is -2.27. The molecule has 0 spiro atoms. The van der Waals surface area contributed by atoms with Crippen molar-refractivity contribution in [1.82, 2.24) is 4.98 Å². The van der Waals surface area contributed by atoms with Gasteiger partial charge in [-0.05, 0) is 22.8 Å². The van der Waals surface area contributed by atoms with E-state index in [1.54, 1.807) is 12.3 Å². The fraction of sp³-hybridized carbons (Fsp3) is 0.143. The zero-order valence-electron chi connectivity index (χ0n) is 18.5. The first kappa shape index (κ1) is 22.6. The number of methoxy groups -OCH3 is 1. The fourth-order valence-corrected chi connectivity index (χ4v) is 5.40. The Labute approximate surface area is 199 Å². The van der Waals surface area contributed by atoms with Crippen LogP contribution in [0.4, 0.5) is 5.69 Å². The maximum absolute atomic E-state index is 12.1. The summed E-state index contributed by atoms with van der Waals surface area (Å²) in [5.41, 5.74) is 4.84. The summed E-state index contributed by atoms with van der Waals surface area (Å²) in [7, 11) is 1.38. The lowest BCUT2D eigenvalue weighted by Gasteiger charge is -2.35. The number of pyridine rings is 1. The van der Waals surface area contributed by atoms with E-state index in [-0.39, 0.29) is 4.75 Å². The zero-order chi connectivity index (χ0) is 22.9. The third-order valence-corrected chi connectivity index (χ3v) is 7.05. The van der Waals surface area contributed by atoms with Gasteiger partial charge in [0.05, 0.1) is 17.5 Å². The molecule has 0 saturated carbocycles. The van der Waals surface area contributed by atoms with Gasteiger partial charge in [0.15, 0.2) is 0 Å². The summed E-state index contributed by atoms with van der Waals surface area (Å²) < 4.78 is 4.52. The minimum atomic E-state index is -0.398. The first-order valence-corrected chi connectivity index (χ1v) is 11.8. The van der Waals surface area contributed by atoms with Gasteiger partial charge in [0.25, 0.3) is 0 Å². The van der Waals surface area contributed by atoms with Gasteiger partial charge in [-0.15, -0.1) is 11.8 Å². The third-order valence-electron chi connectivity index (χ3n) is 5.50. The Morgan fingerprint density at radius 2 is 1.36 bits per heavy atom. The molecule has 4 nitrogen and oxygen atoms in total. The molecular weight excluding hydrogens is 428 g/mol. The molecule has 0 unspecified atom stereocenters. The minimum absolute atomic E-state index is 0.366. The number of anilines is 1. The molecule has 166 valence electrons. The highest BCUT2D eigenvalue weighted by atomic mass is 32.2. The molecule has 1 aromatic heterocycles. The van der Waals surface area contributed by atoms with Gasteiger partial charge in [-0.2, -0.15) is 0 Å². The van der Waals surface area contributed by atoms with Gasteiger partial charge in [-0.3, -0.25) is 4.98 Å². The van der Waals surface area contributed by atoms with Crippen molar-refractivity contribution in [1.29, 1.82) is 0 Å². The van der Waals surface area contributed by atoms with E-state index < -0.39 is 5.97 Å². The zero-order valence-corrected chi connectivity index (χ0v) is 19.3. The van der Waals surface area contributed by atoms with Gasteiger partial charge >= 0.3 is 5.97 Å². The van der Waals surface area contributed by atoms with Crippen LogP contribution in [0, 0.1) is 0 Å². The molecule has 4 rings (SSSR count). The van der Waals surface area contributed by atoms with E-state index in [1.165, 1.54) is 30.0 Å². The highest BCUT2D eigenvalue weighted by Crippen LogP contribution is 2.48. The Balaban J connectivity index is 1.65. The number of hydrogen-bond donors (Lipinski definition) is 1. The molecule has 0 atom stereocenters. The van der Waals surface area contributed by atoms with Gasteiger partial charge in [-0.1, -0.05) is 91.0 Å². The van der Waals surface area contributed by atoms with Crippen molar-refractivity contribution in [3.8, 4) is 0 Å². The van der Waals surface area contributed by atoms with Crippen LogP contribution in [0.3, 0.4) is 0 Å². The highest BCUT2D eigenvalue weighted by molar-refractivity contribution is 8.00. The summed E-state index contributed by atoms with van der Waals surface area (Å²) >= 11 is 1.87. The number of benzene rings is 3. The molecule has 0 fully saturated rings. The lowest BCUT2D eigenvalue weighted by atomic mass is 9.84. The largest absolute Gasteiger partial charge is 0.465 e. The van der Waals surface area contributed by atoms with Gasteiger partial charge in [-0.25, -0.2) is 4.79 Å². The average Bonchev–Trinajstić information content (AvgIpc) is 2.90. The molecule has 3 aromatic carbocycles. The molecule has 1 N–H and O–H groups in total. The molecule has 0 aliphatic carbocycles. The van der Waals surface area contributed by atoms with Gasteiger partial charge < -0.3 is 10.1 Å². The van der Waals surface area contributed by atoms with Crippen LogP contribution in [0.2, 0.25) is 0 Å². The molecule has 0 aliphatic heterocycles. The van der Waals surface area contributed by atoms with Gasteiger partial charge in [0, 0.05) is 24.7 Å². The van der Waals surface area contributed by atoms with Crippen LogP contribution < -0.4 is 5.32 Å². The number of hydrogen-bond acceptors (Lipinski definition) is 5. The summed E-state index contributed by atoms with van der Waals surface area (Å²) in [5, 5.41) is 3.39. The van der Waals surface area contributed by atoms with Crippen LogP contribution in [0.1, 0.15) is 27.0 Å². The molecule has 0 aliphatic rings. The van der Waals surface area contributed by atoms with E-state index in [2.05, 4.69) is 83.1 Å². The number of thioether (sulfide) groups is 1. The van der Waals surface area contributed by atoms with Crippen LogP contribution >= 0.6 is 11.8 Å². The molecule has 0 bridgehead atoms. The molecule has 33 heavy (non-hydrogen) atoms. The summed E-state index contributed by atoms with van der Waals surface area (Å²) in [6.07, 6.45) is 3.20. The number of nitrogens with one attached hydrogen (secondary N) is 1. The molecular formula is C28H26N2O2S. The van der Waals surface area contributed by atoms with E-state index in [9.17, 15) is 4.79 Å². The maximum atomic E-state index is 12.1. The fourth-order valence-electron chi connectivity index (χ4n) is 3.98. The minimum Gasteiger partial charge on any atom is -0.465 e. The SMILES string of the molecule is COC(=O)c1cnccc1NCCSC(c1ccccc1)(c1ccccc1)c1ccccc1. The van der Waals surface area contributed by atoms with Gasteiger partial charge in [0.2, 0.25) is 0 Å². The van der Waals surface area contributed by atoms with E-state index in [0.29, 0.717) is 12.1 Å². The topological polar surface area (TPSA) is 51.2 Å². The molecule has 0 saturated heterocycles. The summed E-state index contributed by atoms with van der Waals surface area (Å²) in [6.45, 7) is 0.674. The standard InChI is InChI=1S/C28H26N2O2S/c1-32-27(31)25-21-29-18-17-26(25)30-19-20-33-28(22-11-5-2-6-12-22,23-13-7-3-8-14-23)24-15-9-4-10-16-24/h2-18,21H,19-20H2,1H3,(H,29,30). The van der Waals surface area contributed by atoms with E-state index in [4.69, 9.17) is 4.74 Å². The highest BCUT2D eigenvalue weighted by Gasteiger charge is 2.36. The first-order chi connectivity index (χ1) is 16.3. The monoisotopic (exact) mass is 454 g/mol. The van der Waals surface area contributed by atoms with Crippen LogP contribution in [0.25, 0.3) is 0 Å². The number of esters is 1. The van der Waals surface area contributed by atoms with Crippen molar-refractivity contribution >= 4 is 23.4 Å². The Morgan fingerprint density at radius 1 is 0.848 bits per heavy atom. The Morgan fingerprint density at radius 3 is 1.85 bits per heavy atom. The smallest absolute Gasteiger partial charge is 0.341 e. The average molecular weight is 455 g/mol. The van der Waals surface area contributed by atoms with Crippen LogP contribution in [0.15, 0.2) is 109 Å². The number of carbonyl (C=O) groups is 1. The molecule has 1 heterocycles. The molecule has 4 aromatic rings. The molecule has 0 radical (unpaired) electrons. The summed E-state index contributed by atoms with van der Waals surface area (Å²) in [6, 6.07) is 33.7. The number of aromatic nitrogens is 1. The molecule has 0 amide bonds.